The maximum absolute atomic E-state index is 11.9. The minimum Gasteiger partial charge on any atom is -0.386 e. The van der Waals surface area contributed by atoms with E-state index in [-0.39, 0.29) is 12.1 Å². The van der Waals surface area contributed by atoms with Crippen LogP contribution in [-0.2, 0) is 0 Å². The zero-order chi connectivity index (χ0) is 12.5. The standard InChI is InChI=1S/C12H24N2O2/c1-9(2)6-12(16)7-14(8-12)11(15)13(5)10(3)4/h9-10,16H,6-8H2,1-5H3. The summed E-state index contributed by atoms with van der Waals surface area (Å²) in [6.45, 7) is 9.09. The molecule has 0 bridgehead atoms. The lowest BCUT2D eigenvalue weighted by Crippen LogP contribution is -2.66. The third-order valence-electron chi connectivity index (χ3n) is 3.11. The Bertz CT molecular complexity index is 258. The monoisotopic (exact) mass is 228 g/mol. The highest BCUT2D eigenvalue weighted by Crippen LogP contribution is 2.28. The van der Waals surface area contributed by atoms with E-state index in [4.69, 9.17) is 0 Å². The van der Waals surface area contributed by atoms with Gasteiger partial charge in [-0.3, -0.25) is 0 Å². The average molecular weight is 228 g/mol. The van der Waals surface area contributed by atoms with E-state index in [1.165, 1.54) is 0 Å². The van der Waals surface area contributed by atoms with Crippen molar-refractivity contribution < 1.29 is 9.90 Å². The molecule has 4 heteroatoms. The predicted octanol–water partition coefficient (Wildman–Crippen LogP) is 1.54. The molecule has 4 nitrogen and oxygen atoms in total. The summed E-state index contributed by atoms with van der Waals surface area (Å²) in [4.78, 5) is 15.3. The first-order valence-electron chi connectivity index (χ1n) is 5.99. The molecule has 1 aliphatic rings. The number of carbonyl (C=O) groups is 1. The Morgan fingerprint density at radius 3 is 2.25 bits per heavy atom. The van der Waals surface area contributed by atoms with Crippen molar-refractivity contribution in [3.05, 3.63) is 0 Å². The van der Waals surface area contributed by atoms with Gasteiger partial charge < -0.3 is 14.9 Å². The molecule has 0 aromatic carbocycles. The van der Waals surface area contributed by atoms with Gasteiger partial charge in [0.15, 0.2) is 0 Å². The molecule has 1 heterocycles. The molecular formula is C12H24N2O2. The van der Waals surface area contributed by atoms with Crippen molar-refractivity contribution in [1.82, 2.24) is 9.80 Å². The largest absolute Gasteiger partial charge is 0.386 e. The lowest BCUT2D eigenvalue weighted by molar-refractivity contribution is -0.0929. The number of hydrogen-bond donors (Lipinski definition) is 1. The van der Waals surface area contributed by atoms with Gasteiger partial charge in [-0.05, 0) is 26.2 Å². The van der Waals surface area contributed by atoms with E-state index >= 15 is 0 Å². The van der Waals surface area contributed by atoms with Crippen LogP contribution in [-0.4, -0.2) is 52.7 Å². The average Bonchev–Trinajstić information content (AvgIpc) is 2.10. The molecule has 0 aliphatic carbocycles. The van der Waals surface area contributed by atoms with E-state index in [0.29, 0.717) is 19.0 Å². The van der Waals surface area contributed by atoms with Gasteiger partial charge in [-0.25, -0.2) is 4.79 Å². The fourth-order valence-electron chi connectivity index (χ4n) is 2.13. The molecule has 0 radical (unpaired) electrons. The zero-order valence-corrected chi connectivity index (χ0v) is 11.0. The van der Waals surface area contributed by atoms with Crippen LogP contribution in [0.15, 0.2) is 0 Å². The Morgan fingerprint density at radius 2 is 1.88 bits per heavy atom. The Kier molecular flexibility index (Phi) is 3.84. The van der Waals surface area contributed by atoms with Gasteiger partial charge in [0, 0.05) is 13.1 Å². The van der Waals surface area contributed by atoms with Crippen LogP contribution < -0.4 is 0 Å². The number of nitrogens with zero attached hydrogens (tertiary/aromatic N) is 2. The molecule has 1 N–H and O–H groups in total. The molecule has 0 spiro atoms. The summed E-state index contributed by atoms with van der Waals surface area (Å²) in [6, 6.07) is 0.217. The Morgan fingerprint density at radius 1 is 1.38 bits per heavy atom. The number of β-amino-alcohol motifs (C(OH)–C–C–N with tert-alkyl or cyclic N) is 1. The van der Waals surface area contributed by atoms with Crippen LogP contribution in [0.5, 0.6) is 0 Å². The topological polar surface area (TPSA) is 43.8 Å². The van der Waals surface area contributed by atoms with E-state index in [2.05, 4.69) is 13.8 Å². The van der Waals surface area contributed by atoms with E-state index in [9.17, 15) is 9.90 Å². The number of amides is 2. The molecule has 1 rings (SSSR count). The predicted molar refractivity (Wildman–Crippen MR) is 64.3 cm³/mol. The van der Waals surface area contributed by atoms with E-state index in [1.54, 1.807) is 16.8 Å². The lowest BCUT2D eigenvalue weighted by atomic mass is 9.85. The summed E-state index contributed by atoms with van der Waals surface area (Å²) in [7, 11) is 1.80. The van der Waals surface area contributed by atoms with Gasteiger partial charge in [-0.15, -0.1) is 0 Å². The lowest BCUT2D eigenvalue weighted by Gasteiger charge is -2.48. The van der Waals surface area contributed by atoms with Crippen molar-refractivity contribution in [2.75, 3.05) is 20.1 Å². The highest BCUT2D eigenvalue weighted by molar-refractivity contribution is 5.75. The molecule has 94 valence electrons. The van der Waals surface area contributed by atoms with Gasteiger partial charge in [0.1, 0.15) is 5.60 Å². The molecule has 0 saturated carbocycles. The van der Waals surface area contributed by atoms with Gasteiger partial charge >= 0.3 is 6.03 Å². The van der Waals surface area contributed by atoms with Crippen LogP contribution in [0.1, 0.15) is 34.1 Å². The van der Waals surface area contributed by atoms with Crippen LogP contribution in [0.3, 0.4) is 0 Å². The van der Waals surface area contributed by atoms with Crippen molar-refractivity contribution in [1.29, 1.82) is 0 Å². The number of likely N-dealkylation sites (tertiary alicyclic amines) is 1. The minimum absolute atomic E-state index is 0.0171. The molecule has 1 saturated heterocycles. The smallest absolute Gasteiger partial charge is 0.320 e. The van der Waals surface area contributed by atoms with Crippen LogP contribution in [0.2, 0.25) is 0 Å². The first-order chi connectivity index (χ1) is 7.25. The van der Waals surface area contributed by atoms with E-state index < -0.39 is 5.60 Å². The summed E-state index contributed by atoms with van der Waals surface area (Å²) in [5, 5.41) is 10.1. The number of aliphatic hydroxyl groups is 1. The molecule has 1 aliphatic heterocycles. The van der Waals surface area contributed by atoms with Crippen LogP contribution in [0, 0.1) is 5.92 Å². The summed E-state index contributed by atoms with van der Waals surface area (Å²) in [5.74, 6) is 0.463. The fourth-order valence-corrected chi connectivity index (χ4v) is 2.13. The van der Waals surface area contributed by atoms with Crippen molar-refractivity contribution >= 4 is 6.03 Å². The van der Waals surface area contributed by atoms with E-state index in [0.717, 1.165) is 6.42 Å². The van der Waals surface area contributed by atoms with Gasteiger partial charge in [0.2, 0.25) is 0 Å². The second kappa shape index (κ2) is 4.62. The summed E-state index contributed by atoms with van der Waals surface area (Å²) < 4.78 is 0. The molecule has 0 aromatic rings. The molecule has 16 heavy (non-hydrogen) atoms. The number of urea groups is 1. The highest BCUT2D eigenvalue weighted by Gasteiger charge is 2.44. The highest BCUT2D eigenvalue weighted by atomic mass is 16.3. The Hall–Kier alpha value is -0.770. The van der Waals surface area contributed by atoms with Crippen LogP contribution >= 0.6 is 0 Å². The fraction of sp³-hybridized carbons (Fsp3) is 0.917. The Balaban J connectivity index is 2.43. The zero-order valence-electron chi connectivity index (χ0n) is 11.0. The van der Waals surface area contributed by atoms with E-state index in [1.807, 2.05) is 13.8 Å². The maximum atomic E-state index is 11.9. The second-order valence-corrected chi connectivity index (χ2v) is 5.67. The van der Waals surface area contributed by atoms with Gasteiger partial charge in [-0.1, -0.05) is 13.8 Å². The summed E-state index contributed by atoms with van der Waals surface area (Å²) in [6.07, 6.45) is 0.766. The molecule has 1 fully saturated rings. The second-order valence-electron chi connectivity index (χ2n) is 5.67. The first-order valence-corrected chi connectivity index (χ1v) is 5.99. The first kappa shape index (κ1) is 13.3. The maximum Gasteiger partial charge on any atom is 0.320 e. The Labute approximate surface area is 98.2 Å². The third kappa shape index (κ3) is 2.88. The molecule has 0 aromatic heterocycles. The van der Waals surface area contributed by atoms with Crippen molar-refractivity contribution in [2.24, 2.45) is 5.92 Å². The third-order valence-corrected chi connectivity index (χ3v) is 3.11. The van der Waals surface area contributed by atoms with Crippen LogP contribution in [0.25, 0.3) is 0 Å². The molecular weight excluding hydrogens is 204 g/mol. The van der Waals surface area contributed by atoms with Gasteiger partial charge in [0.25, 0.3) is 0 Å². The van der Waals surface area contributed by atoms with Crippen molar-refractivity contribution in [3.8, 4) is 0 Å². The molecule has 2 amide bonds. The van der Waals surface area contributed by atoms with Crippen molar-refractivity contribution in [3.63, 3.8) is 0 Å². The molecule has 0 unspecified atom stereocenters. The summed E-state index contributed by atoms with van der Waals surface area (Å²) >= 11 is 0. The summed E-state index contributed by atoms with van der Waals surface area (Å²) in [5.41, 5.74) is -0.651. The van der Waals surface area contributed by atoms with Gasteiger partial charge in [0.05, 0.1) is 13.1 Å². The SMILES string of the molecule is CC(C)CC1(O)CN(C(=O)N(C)C(C)C)C1. The number of rotatable bonds is 3. The van der Waals surface area contributed by atoms with Gasteiger partial charge in [-0.2, -0.15) is 0 Å². The van der Waals surface area contributed by atoms with Crippen molar-refractivity contribution in [2.45, 2.75) is 45.8 Å². The minimum atomic E-state index is -0.651. The normalized spacial score (nSPS) is 18.9. The number of hydrogen-bond acceptors (Lipinski definition) is 2. The molecule has 0 atom stereocenters. The quantitative estimate of drug-likeness (QED) is 0.796. The number of carbonyl (C=O) groups excluding carboxylic acids is 1. The van der Waals surface area contributed by atoms with Crippen LogP contribution in [0.4, 0.5) is 4.79 Å².